The monoisotopic (exact) mass is 361 g/mol. The highest BCUT2D eigenvalue weighted by Gasteiger charge is 2.25. The summed E-state index contributed by atoms with van der Waals surface area (Å²) in [5.41, 5.74) is 1.55. The zero-order valence-corrected chi connectivity index (χ0v) is 14.3. The molecule has 0 spiro atoms. The van der Waals surface area contributed by atoms with Crippen LogP contribution >= 0.6 is 0 Å². The van der Waals surface area contributed by atoms with Crippen LogP contribution in [0.5, 0.6) is 11.5 Å². The lowest BCUT2D eigenvalue weighted by Crippen LogP contribution is -2.40. The van der Waals surface area contributed by atoms with Crippen LogP contribution in [0.1, 0.15) is 11.1 Å². The third-order valence-corrected chi connectivity index (χ3v) is 5.87. The zero-order valence-electron chi connectivity index (χ0n) is 13.5. The fourth-order valence-corrected chi connectivity index (χ4v) is 3.93. The molecule has 1 fully saturated rings. The topological polar surface area (TPSA) is 87.1 Å². The van der Waals surface area contributed by atoms with E-state index in [0.29, 0.717) is 26.3 Å². The van der Waals surface area contributed by atoms with Gasteiger partial charge in [-0.15, -0.1) is 0 Å². The summed E-state index contributed by atoms with van der Waals surface area (Å²) in [5.74, 6) is -0.357. The number of aromatic hydroxyl groups is 2. The molecule has 0 bridgehead atoms. The van der Waals surface area contributed by atoms with E-state index in [2.05, 4.69) is 0 Å². The molecule has 1 heterocycles. The second-order valence-corrected chi connectivity index (χ2v) is 7.60. The first kappa shape index (κ1) is 17.5. The van der Waals surface area contributed by atoms with Gasteiger partial charge in [-0.25, -0.2) is 8.42 Å². The van der Waals surface area contributed by atoms with Gasteiger partial charge in [0.1, 0.15) is 0 Å². The molecule has 2 aromatic rings. The van der Waals surface area contributed by atoms with Gasteiger partial charge in [0.2, 0.25) is 10.0 Å². The van der Waals surface area contributed by atoms with Crippen molar-refractivity contribution in [3.63, 3.8) is 0 Å². The predicted molar refractivity (Wildman–Crippen MR) is 94.7 cm³/mol. The Bertz CT molecular complexity index is 869. The van der Waals surface area contributed by atoms with Crippen molar-refractivity contribution < 1.29 is 23.4 Å². The van der Waals surface area contributed by atoms with Gasteiger partial charge in [0.15, 0.2) is 11.5 Å². The van der Waals surface area contributed by atoms with E-state index in [1.54, 1.807) is 42.5 Å². The number of benzene rings is 2. The quantitative estimate of drug-likeness (QED) is 0.644. The van der Waals surface area contributed by atoms with E-state index >= 15 is 0 Å². The van der Waals surface area contributed by atoms with Gasteiger partial charge in [0, 0.05) is 13.1 Å². The Morgan fingerprint density at radius 1 is 0.880 bits per heavy atom. The minimum Gasteiger partial charge on any atom is -0.504 e. The van der Waals surface area contributed by atoms with Crippen LogP contribution in [-0.4, -0.2) is 49.2 Å². The van der Waals surface area contributed by atoms with Crippen molar-refractivity contribution in [2.45, 2.75) is 4.90 Å². The van der Waals surface area contributed by atoms with Gasteiger partial charge in [-0.3, -0.25) is 0 Å². The number of hydrogen-bond donors (Lipinski definition) is 2. The van der Waals surface area contributed by atoms with Crippen LogP contribution in [0, 0.1) is 0 Å². The Kier molecular flexibility index (Phi) is 5.08. The maximum absolute atomic E-state index is 12.5. The molecular formula is C18H19NO5S. The number of morpholine rings is 1. The van der Waals surface area contributed by atoms with Crippen LogP contribution in [0.2, 0.25) is 0 Å². The molecule has 0 saturated carbocycles. The first-order valence-corrected chi connectivity index (χ1v) is 9.29. The van der Waals surface area contributed by atoms with Crippen molar-refractivity contribution in [3.05, 3.63) is 53.6 Å². The van der Waals surface area contributed by atoms with E-state index in [-0.39, 0.29) is 16.4 Å². The molecule has 6 nitrogen and oxygen atoms in total. The molecule has 3 rings (SSSR count). The van der Waals surface area contributed by atoms with E-state index in [0.717, 1.165) is 11.1 Å². The van der Waals surface area contributed by atoms with Crippen molar-refractivity contribution in [1.82, 2.24) is 4.31 Å². The smallest absolute Gasteiger partial charge is 0.243 e. The first-order valence-electron chi connectivity index (χ1n) is 7.85. The van der Waals surface area contributed by atoms with Crippen molar-refractivity contribution in [1.29, 1.82) is 0 Å². The molecule has 0 aliphatic carbocycles. The van der Waals surface area contributed by atoms with Crippen molar-refractivity contribution in [2.75, 3.05) is 26.3 Å². The van der Waals surface area contributed by atoms with Gasteiger partial charge in [0.25, 0.3) is 0 Å². The molecule has 7 heteroatoms. The fourth-order valence-electron chi connectivity index (χ4n) is 2.52. The van der Waals surface area contributed by atoms with E-state index in [9.17, 15) is 18.6 Å². The Morgan fingerprint density at radius 2 is 1.48 bits per heavy atom. The molecule has 0 aromatic heterocycles. The highest BCUT2D eigenvalue weighted by Crippen LogP contribution is 2.26. The van der Waals surface area contributed by atoms with Gasteiger partial charge in [0.05, 0.1) is 18.1 Å². The third-order valence-electron chi connectivity index (χ3n) is 3.96. The zero-order chi connectivity index (χ0) is 17.9. The van der Waals surface area contributed by atoms with E-state index < -0.39 is 10.0 Å². The minimum atomic E-state index is -3.49. The lowest BCUT2D eigenvalue weighted by Gasteiger charge is -2.26. The first-order chi connectivity index (χ1) is 12.0. The Labute approximate surface area is 146 Å². The average molecular weight is 361 g/mol. The number of phenolic OH excluding ortho intramolecular Hbond substituents is 2. The van der Waals surface area contributed by atoms with Crippen LogP contribution in [0.25, 0.3) is 12.2 Å². The van der Waals surface area contributed by atoms with Crippen LogP contribution in [0.3, 0.4) is 0 Å². The van der Waals surface area contributed by atoms with Crippen molar-refractivity contribution >= 4 is 22.2 Å². The number of ether oxygens (including phenoxy) is 1. The van der Waals surface area contributed by atoms with E-state index in [1.807, 2.05) is 0 Å². The number of nitrogens with zero attached hydrogens (tertiary/aromatic N) is 1. The Balaban J connectivity index is 1.75. The van der Waals surface area contributed by atoms with Gasteiger partial charge in [-0.05, 0) is 35.4 Å². The van der Waals surface area contributed by atoms with E-state index in [4.69, 9.17) is 4.74 Å². The number of rotatable bonds is 4. The van der Waals surface area contributed by atoms with Gasteiger partial charge in [-0.1, -0.05) is 30.4 Å². The van der Waals surface area contributed by atoms with Gasteiger partial charge >= 0.3 is 0 Å². The maximum Gasteiger partial charge on any atom is 0.243 e. The SMILES string of the molecule is O=S(=O)(c1ccc(C=Cc2ccc(O)c(O)c2)cc1)N1CCOCC1. The normalized spacial score (nSPS) is 16.3. The number of phenols is 2. The molecule has 0 unspecified atom stereocenters. The van der Waals surface area contributed by atoms with Gasteiger partial charge < -0.3 is 14.9 Å². The highest BCUT2D eigenvalue weighted by molar-refractivity contribution is 7.89. The van der Waals surface area contributed by atoms with Crippen LogP contribution in [0.4, 0.5) is 0 Å². The average Bonchev–Trinajstić information content (AvgIpc) is 2.64. The third kappa shape index (κ3) is 4.01. The second kappa shape index (κ2) is 7.26. The largest absolute Gasteiger partial charge is 0.504 e. The highest BCUT2D eigenvalue weighted by atomic mass is 32.2. The summed E-state index contributed by atoms with van der Waals surface area (Å²) < 4.78 is 31.7. The fraction of sp³-hybridized carbons (Fsp3) is 0.222. The Morgan fingerprint density at radius 3 is 2.12 bits per heavy atom. The molecule has 1 aliphatic rings. The lowest BCUT2D eigenvalue weighted by atomic mass is 10.1. The second-order valence-electron chi connectivity index (χ2n) is 5.67. The lowest BCUT2D eigenvalue weighted by molar-refractivity contribution is 0.0730. The molecule has 1 saturated heterocycles. The molecular weight excluding hydrogens is 342 g/mol. The van der Waals surface area contributed by atoms with Crippen LogP contribution < -0.4 is 0 Å². The summed E-state index contributed by atoms with van der Waals surface area (Å²) in [7, 11) is -3.49. The maximum atomic E-state index is 12.5. The molecule has 2 N–H and O–H groups in total. The van der Waals surface area contributed by atoms with Gasteiger partial charge in [-0.2, -0.15) is 4.31 Å². The minimum absolute atomic E-state index is 0.171. The molecule has 132 valence electrons. The predicted octanol–water partition coefficient (Wildman–Crippen LogP) is 2.29. The molecule has 1 aliphatic heterocycles. The molecule has 0 amide bonds. The summed E-state index contributed by atoms with van der Waals surface area (Å²) in [4.78, 5) is 0.258. The molecule has 0 radical (unpaired) electrons. The summed E-state index contributed by atoms with van der Waals surface area (Å²) >= 11 is 0. The number of sulfonamides is 1. The van der Waals surface area contributed by atoms with E-state index in [1.165, 1.54) is 16.4 Å². The summed E-state index contributed by atoms with van der Waals surface area (Å²) in [5, 5.41) is 18.8. The summed E-state index contributed by atoms with van der Waals surface area (Å²) in [6, 6.07) is 11.1. The molecule has 25 heavy (non-hydrogen) atoms. The molecule has 0 atom stereocenters. The molecule has 2 aromatic carbocycles. The van der Waals surface area contributed by atoms with Crippen molar-refractivity contribution in [2.24, 2.45) is 0 Å². The van der Waals surface area contributed by atoms with Crippen LogP contribution in [0.15, 0.2) is 47.4 Å². The number of hydrogen-bond acceptors (Lipinski definition) is 5. The standard InChI is InChI=1S/C18H19NO5S/c20-17-8-5-15(13-18(17)21)2-1-14-3-6-16(7-4-14)25(22,23)19-9-11-24-12-10-19/h1-8,13,20-21H,9-12H2. The Hall–Kier alpha value is -2.35. The van der Waals surface area contributed by atoms with Crippen LogP contribution in [-0.2, 0) is 14.8 Å². The summed E-state index contributed by atoms with van der Waals surface area (Å²) in [6.07, 6.45) is 3.57. The summed E-state index contributed by atoms with van der Waals surface area (Å²) in [6.45, 7) is 1.57. The van der Waals surface area contributed by atoms with Crippen molar-refractivity contribution in [3.8, 4) is 11.5 Å².